The average Bonchev–Trinajstić information content (AvgIpc) is 2.88. The fourth-order valence-corrected chi connectivity index (χ4v) is 2.32. The van der Waals surface area contributed by atoms with Crippen LogP contribution in [0.25, 0.3) is 0 Å². The number of amides is 1. The molecule has 7 nitrogen and oxygen atoms in total. The largest absolute Gasteiger partial charge is 0.483 e. The molecule has 0 bridgehead atoms. The highest BCUT2D eigenvalue weighted by Crippen LogP contribution is 2.28. The zero-order chi connectivity index (χ0) is 17.3. The standard InChI is InChI=1S/C15H26N4O.CH2O2/c1-15(2,3)18-7-8-19(10-13-9-16-11-17-13)14(20)12-5-4-6-12;2-1-3/h9,11-12,18H,4-8,10H2,1-3H3,(H,16,17);1H,(H,2,3). The quantitative estimate of drug-likeness (QED) is 0.691. The second kappa shape index (κ2) is 9.29. The van der Waals surface area contributed by atoms with E-state index >= 15 is 0 Å². The molecular formula is C16H28N4O3. The molecule has 7 heteroatoms. The van der Waals surface area contributed by atoms with Gasteiger partial charge in [-0.2, -0.15) is 0 Å². The maximum atomic E-state index is 12.5. The lowest BCUT2D eigenvalue weighted by molar-refractivity contribution is -0.138. The summed E-state index contributed by atoms with van der Waals surface area (Å²) in [6.07, 6.45) is 6.73. The number of nitrogens with zero attached hydrogens (tertiary/aromatic N) is 2. The van der Waals surface area contributed by atoms with Crippen molar-refractivity contribution in [3.8, 4) is 0 Å². The number of carbonyl (C=O) groups is 2. The van der Waals surface area contributed by atoms with Gasteiger partial charge in [-0.05, 0) is 33.6 Å². The van der Waals surface area contributed by atoms with Gasteiger partial charge in [0.2, 0.25) is 5.91 Å². The van der Waals surface area contributed by atoms with Crippen LogP contribution >= 0.6 is 0 Å². The Labute approximate surface area is 137 Å². The minimum absolute atomic E-state index is 0.0825. The van der Waals surface area contributed by atoms with Gasteiger partial charge in [0.25, 0.3) is 6.47 Å². The molecule has 130 valence electrons. The number of hydrogen-bond acceptors (Lipinski definition) is 4. The van der Waals surface area contributed by atoms with Gasteiger partial charge in [-0.15, -0.1) is 0 Å². The number of rotatable bonds is 6. The third-order valence-corrected chi connectivity index (χ3v) is 3.72. The van der Waals surface area contributed by atoms with Crippen LogP contribution in [0.3, 0.4) is 0 Å². The van der Waals surface area contributed by atoms with Crippen LogP contribution in [0.15, 0.2) is 12.5 Å². The molecule has 0 aliphatic heterocycles. The van der Waals surface area contributed by atoms with E-state index in [9.17, 15) is 4.79 Å². The van der Waals surface area contributed by atoms with Crippen molar-refractivity contribution in [2.45, 2.75) is 52.1 Å². The summed E-state index contributed by atoms with van der Waals surface area (Å²) in [5.74, 6) is 0.536. The van der Waals surface area contributed by atoms with E-state index in [1.165, 1.54) is 6.42 Å². The second-order valence-corrected chi connectivity index (χ2v) is 6.75. The Balaban J connectivity index is 0.000000816. The molecule has 0 aromatic carbocycles. The fourth-order valence-electron chi connectivity index (χ4n) is 2.32. The van der Waals surface area contributed by atoms with Gasteiger partial charge in [-0.25, -0.2) is 4.98 Å². The highest BCUT2D eigenvalue weighted by molar-refractivity contribution is 5.79. The summed E-state index contributed by atoms with van der Waals surface area (Å²) in [6, 6.07) is 0. The first-order valence-electron chi connectivity index (χ1n) is 7.96. The van der Waals surface area contributed by atoms with E-state index in [0.29, 0.717) is 12.5 Å². The summed E-state index contributed by atoms with van der Waals surface area (Å²) in [7, 11) is 0. The van der Waals surface area contributed by atoms with E-state index in [1.54, 1.807) is 12.5 Å². The van der Waals surface area contributed by atoms with Crippen molar-refractivity contribution in [2.75, 3.05) is 13.1 Å². The first-order valence-corrected chi connectivity index (χ1v) is 7.96. The van der Waals surface area contributed by atoms with Crippen LogP contribution in [0.2, 0.25) is 0 Å². The number of carboxylic acid groups (broad SMARTS) is 1. The van der Waals surface area contributed by atoms with E-state index in [2.05, 4.69) is 36.1 Å². The van der Waals surface area contributed by atoms with Gasteiger partial charge in [0.05, 0.1) is 18.6 Å². The van der Waals surface area contributed by atoms with Crippen molar-refractivity contribution in [2.24, 2.45) is 5.92 Å². The lowest BCUT2D eigenvalue weighted by Crippen LogP contribution is -2.45. The van der Waals surface area contributed by atoms with Gasteiger partial charge in [0, 0.05) is 30.7 Å². The summed E-state index contributed by atoms with van der Waals surface area (Å²) < 4.78 is 0. The Morgan fingerprint density at radius 2 is 2.17 bits per heavy atom. The first kappa shape index (κ1) is 19.2. The van der Waals surface area contributed by atoms with Gasteiger partial charge in [-0.1, -0.05) is 6.42 Å². The van der Waals surface area contributed by atoms with Crippen molar-refractivity contribution in [3.63, 3.8) is 0 Å². The van der Waals surface area contributed by atoms with Crippen LogP contribution in [0.4, 0.5) is 0 Å². The normalized spacial score (nSPS) is 14.4. The smallest absolute Gasteiger partial charge is 0.290 e. The second-order valence-electron chi connectivity index (χ2n) is 6.75. The van der Waals surface area contributed by atoms with Crippen molar-refractivity contribution in [1.82, 2.24) is 20.2 Å². The number of carbonyl (C=O) groups excluding carboxylic acids is 1. The van der Waals surface area contributed by atoms with Crippen molar-refractivity contribution < 1.29 is 14.7 Å². The molecule has 0 unspecified atom stereocenters. The zero-order valence-corrected chi connectivity index (χ0v) is 14.2. The van der Waals surface area contributed by atoms with Gasteiger partial charge in [0.15, 0.2) is 0 Å². The van der Waals surface area contributed by atoms with E-state index < -0.39 is 0 Å². The van der Waals surface area contributed by atoms with E-state index in [-0.39, 0.29) is 17.9 Å². The Kier molecular flexibility index (Phi) is 7.74. The van der Waals surface area contributed by atoms with Crippen LogP contribution in [0.5, 0.6) is 0 Å². The van der Waals surface area contributed by atoms with Crippen LogP contribution in [-0.4, -0.2) is 51.0 Å². The number of imidazole rings is 1. The van der Waals surface area contributed by atoms with Crippen molar-refractivity contribution in [3.05, 3.63) is 18.2 Å². The number of hydrogen-bond donors (Lipinski definition) is 3. The topological polar surface area (TPSA) is 98.3 Å². The predicted molar refractivity (Wildman–Crippen MR) is 87.8 cm³/mol. The summed E-state index contributed by atoms with van der Waals surface area (Å²) in [6.45, 7) is 8.35. The Hall–Kier alpha value is -1.89. The molecule has 2 rings (SSSR count). The minimum Gasteiger partial charge on any atom is -0.483 e. The SMILES string of the molecule is CC(C)(C)NCCN(Cc1cnc[nH]1)C(=O)C1CCC1.O=CO. The molecule has 1 fully saturated rings. The van der Waals surface area contributed by atoms with Crippen LogP contribution < -0.4 is 5.32 Å². The van der Waals surface area contributed by atoms with Gasteiger partial charge in [0.1, 0.15) is 0 Å². The number of aromatic amines is 1. The van der Waals surface area contributed by atoms with Crippen molar-refractivity contribution >= 4 is 12.4 Å². The lowest BCUT2D eigenvalue weighted by Gasteiger charge is -2.32. The number of nitrogens with one attached hydrogen (secondary N) is 2. The highest BCUT2D eigenvalue weighted by Gasteiger charge is 2.29. The van der Waals surface area contributed by atoms with Crippen molar-refractivity contribution in [1.29, 1.82) is 0 Å². The monoisotopic (exact) mass is 324 g/mol. The molecule has 1 aromatic rings. The molecule has 1 aromatic heterocycles. The number of aromatic nitrogens is 2. The Bertz CT molecular complexity index is 464. The maximum absolute atomic E-state index is 12.5. The zero-order valence-electron chi connectivity index (χ0n) is 14.2. The molecule has 1 saturated carbocycles. The third-order valence-electron chi connectivity index (χ3n) is 3.72. The highest BCUT2D eigenvalue weighted by atomic mass is 16.3. The molecule has 23 heavy (non-hydrogen) atoms. The molecule has 0 spiro atoms. The van der Waals surface area contributed by atoms with E-state index in [1.807, 2.05) is 4.90 Å². The Morgan fingerprint density at radius 1 is 1.52 bits per heavy atom. The molecule has 1 aliphatic carbocycles. The molecule has 1 amide bonds. The first-order chi connectivity index (χ1) is 10.9. The Morgan fingerprint density at radius 3 is 2.61 bits per heavy atom. The summed E-state index contributed by atoms with van der Waals surface area (Å²) in [4.78, 5) is 29.9. The molecular weight excluding hydrogens is 296 g/mol. The molecule has 1 aliphatic rings. The molecule has 0 radical (unpaired) electrons. The number of H-pyrrole nitrogens is 1. The molecule has 3 N–H and O–H groups in total. The molecule has 1 heterocycles. The minimum atomic E-state index is -0.250. The predicted octanol–water partition coefficient (Wildman–Crippen LogP) is 1.63. The van der Waals surface area contributed by atoms with Crippen LogP contribution in [0.1, 0.15) is 45.7 Å². The summed E-state index contributed by atoms with van der Waals surface area (Å²) in [5, 5.41) is 10.3. The van der Waals surface area contributed by atoms with Crippen LogP contribution in [-0.2, 0) is 16.1 Å². The van der Waals surface area contributed by atoms with Gasteiger partial charge >= 0.3 is 0 Å². The van der Waals surface area contributed by atoms with Crippen LogP contribution in [0, 0.1) is 5.92 Å². The molecule has 0 saturated heterocycles. The summed E-state index contributed by atoms with van der Waals surface area (Å²) in [5.41, 5.74) is 1.08. The van der Waals surface area contributed by atoms with E-state index in [4.69, 9.17) is 9.90 Å². The third kappa shape index (κ3) is 7.27. The fraction of sp³-hybridized carbons (Fsp3) is 0.688. The van der Waals surface area contributed by atoms with Gasteiger partial charge in [-0.3, -0.25) is 9.59 Å². The lowest BCUT2D eigenvalue weighted by atomic mass is 9.84. The maximum Gasteiger partial charge on any atom is 0.290 e. The van der Waals surface area contributed by atoms with Gasteiger partial charge < -0.3 is 20.3 Å². The van der Waals surface area contributed by atoms with E-state index in [0.717, 1.165) is 31.6 Å². The summed E-state index contributed by atoms with van der Waals surface area (Å²) >= 11 is 0. The average molecular weight is 324 g/mol. The molecule has 0 atom stereocenters.